The van der Waals surface area contributed by atoms with Crippen molar-refractivity contribution in [1.82, 2.24) is 15.3 Å². The molecule has 7 heteroatoms. The Bertz CT molecular complexity index is 566. The van der Waals surface area contributed by atoms with Gasteiger partial charge in [-0.1, -0.05) is 6.92 Å². The average Bonchev–Trinajstić information content (AvgIpc) is 2.80. The maximum absolute atomic E-state index is 10.7. The fraction of sp³-hybridized carbons (Fsp3) is 0.417. The van der Waals surface area contributed by atoms with Gasteiger partial charge in [-0.2, -0.15) is 0 Å². The van der Waals surface area contributed by atoms with Crippen molar-refractivity contribution < 1.29 is 4.92 Å². The van der Waals surface area contributed by atoms with Gasteiger partial charge in [-0.05, 0) is 19.0 Å². The molecule has 3 N–H and O–H groups in total. The Labute approximate surface area is 110 Å². The number of hydrogen-bond donors (Lipinski definition) is 3. The summed E-state index contributed by atoms with van der Waals surface area (Å²) < 4.78 is 0. The number of nitro groups is 1. The average molecular weight is 263 g/mol. The van der Waals surface area contributed by atoms with E-state index >= 15 is 0 Å². The number of H-pyrrole nitrogens is 1. The second-order valence-corrected chi connectivity index (χ2v) is 4.22. The maximum Gasteiger partial charge on any atom is 0.271 e. The van der Waals surface area contributed by atoms with Crippen LogP contribution < -0.4 is 10.6 Å². The Morgan fingerprint density at radius 2 is 2.21 bits per heavy atom. The maximum atomic E-state index is 10.7. The number of hydrogen-bond acceptors (Lipinski definition) is 5. The molecule has 0 spiro atoms. The van der Waals surface area contributed by atoms with E-state index in [0.29, 0.717) is 11.5 Å². The van der Waals surface area contributed by atoms with Crippen LogP contribution in [0.15, 0.2) is 18.2 Å². The molecular formula is C12H17N5O2. The monoisotopic (exact) mass is 263 g/mol. The zero-order valence-corrected chi connectivity index (χ0v) is 10.8. The van der Waals surface area contributed by atoms with Crippen molar-refractivity contribution in [2.45, 2.75) is 13.3 Å². The fourth-order valence-electron chi connectivity index (χ4n) is 1.77. The summed E-state index contributed by atoms with van der Waals surface area (Å²) in [5, 5.41) is 17.1. The molecule has 7 nitrogen and oxygen atoms in total. The summed E-state index contributed by atoms with van der Waals surface area (Å²) in [7, 11) is 0. The van der Waals surface area contributed by atoms with E-state index in [-0.39, 0.29) is 5.69 Å². The molecule has 2 rings (SSSR count). The predicted molar refractivity (Wildman–Crippen MR) is 74.4 cm³/mol. The summed E-state index contributed by atoms with van der Waals surface area (Å²) in [6.45, 7) is 4.72. The number of aromatic amines is 1. The molecule has 1 aromatic carbocycles. The largest absolute Gasteiger partial charge is 0.355 e. The number of fused-ring (bicyclic) bond motifs is 1. The molecule has 1 aromatic heterocycles. The summed E-state index contributed by atoms with van der Waals surface area (Å²) >= 11 is 0. The summed E-state index contributed by atoms with van der Waals surface area (Å²) in [6.07, 6.45) is 1.11. The lowest BCUT2D eigenvalue weighted by Crippen LogP contribution is -2.23. The highest BCUT2D eigenvalue weighted by Gasteiger charge is 2.09. The van der Waals surface area contributed by atoms with E-state index in [4.69, 9.17) is 0 Å². The lowest BCUT2D eigenvalue weighted by molar-refractivity contribution is -0.384. The van der Waals surface area contributed by atoms with Crippen molar-refractivity contribution in [3.05, 3.63) is 28.3 Å². The Morgan fingerprint density at radius 3 is 2.95 bits per heavy atom. The van der Waals surface area contributed by atoms with E-state index in [1.165, 1.54) is 12.1 Å². The Morgan fingerprint density at radius 1 is 1.37 bits per heavy atom. The van der Waals surface area contributed by atoms with Crippen molar-refractivity contribution in [2.75, 3.05) is 25.0 Å². The van der Waals surface area contributed by atoms with Crippen LogP contribution in [0.25, 0.3) is 11.0 Å². The third-order valence-corrected chi connectivity index (χ3v) is 2.70. The SMILES string of the molecule is CCCNCCNc1nc2ccc([N+](=O)[O-])cc2[nH]1. The van der Waals surface area contributed by atoms with E-state index < -0.39 is 4.92 Å². The summed E-state index contributed by atoms with van der Waals surface area (Å²) in [5.74, 6) is 0.633. The van der Waals surface area contributed by atoms with Crippen molar-refractivity contribution in [3.63, 3.8) is 0 Å². The van der Waals surface area contributed by atoms with Gasteiger partial charge in [-0.25, -0.2) is 4.98 Å². The van der Waals surface area contributed by atoms with Crippen LogP contribution in [-0.2, 0) is 0 Å². The second-order valence-electron chi connectivity index (χ2n) is 4.22. The molecule has 1 heterocycles. The Hall–Kier alpha value is -2.15. The smallest absolute Gasteiger partial charge is 0.271 e. The lowest BCUT2D eigenvalue weighted by Gasteiger charge is -2.03. The van der Waals surface area contributed by atoms with Gasteiger partial charge >= 0.3 is 0 Å². The molecule has 0 atom stereocenters. The lowest BCUT2D eigenvalue weighted by atomic mass is 10.3. The van der Waals surface area contributed by atoms with E-state index in [2.05, 4.69) is 27.5 Å². The summed E-state index contributed by atoms with van der Waals surface area (Å²) in [5.41, 5.74) is 1.44. The molecule has 0 saturated carbocycles. The number of nitrogens with one attached hydrogen (secondary N) is 3. The third kappa shape index (κ3) is 3.41. The van der Waals surface area contributed by atoms with Crippen LogP contribution >= 0.6 is 0 Å². The van der Waals surface area contributed by atoms with Gasteiger partial charge in [0.15, 0.2) is 0 Å². The third-order valence-electron chi connectivity index (χ3n) is 2.70. The first kappa shape index (κ1) is 13.3. The molecular weight excluding hydrogens is 246 g/mol. The topological polar surface area (TPSA) is 95.9 Å². The van der Waals surface area contributed by atoms with E-state index in [1.54, 1.807) is 6.07 Å². The van der Waals surface area contributed by atoms with Crippen LogP contribution in [0.5, 0.6) is 0 Å². The van der Waals surface area contributed by atoms with Gasteiger partial charge in [0, 0.05) is 25.2 Å². The number of imidazole rings is 1. The highest BCUT2D eigenvalue weighted by atomic mass is 16.6. The van der Waals surface area contributed by atoms with E-state index in [1.807, 2.05) is 0 Å². The van der Waals surface area contributed by atoms with Crippen LogP contribution in [0.1, 0.15) is 13.3 Å². The number of anilines is 1. The van der Waals surface area contributed by atoms with Gasteiger partial charge in [0.2, 0.25) is 5.95 Å². The zero-order valence-electron chi connectivity index (χ0n) is 10.8. The van der Waals surface area contributed by atoms with Crippen LogP contribution in [-0.4, -0.2) is 34.5 Å². The molecule has 0 bridgehead atoms. The summed E-state index contributed by atoms with van der Waals surface area (Å²) in [6, 6.07) is 4.59. The molecule has 0 unspecified atom stereocenters. The molecule has 0 aliphatic rings. The van der Waals surface area contributed by atoms with Gasteiger partial charge in [-0.15, -0.1) is 0 Å². The molecule has 102 valence electrons. The van der Waals surface area contributed by atoms with Crippen molar-refractivity contribution in [1.29, 1.82) is 0 Å². The zero-order chi connectivity index (χ0) is 13.7. The molecule has 0 saturated heterocycles. The number of aromatic nitrogens is 2. The Kier molecular flexibility index (Phi) is 4.30. The van der Waals surface area contributed by atoms with E-state index in [0.717, 1.165) is 31.6 Å². The van der Waals surface area contributed by atoms with Gasteiger partial charge in [-0.3, -0.25) is 10.1 Å². The number of rotatable bonds is 7. The minimum atomic E-state index is -0.415. The molecule has 0 fully saturated rings. The molecule has 0 aliphatic heterocycles. The minimum Gasteiger partial charge on any atom is -0.355 e. The van der Waals surface area contributed by atoms with Gasteiger partial charge in [0.25, 0.3) is 5.69 Å². The van der Waals surface area contributed by atoms with Crippen LogP contribution in [0.4, 0.5) is 11.6 Å². The van der Waals surface area contributed by atoms with Crippen LogP contribution in [0.3, 0.4) is 0 Å². The number of non-ortho nitro benzene ring substituents is 1. The molecule has 19 heavy (non-hydrogen) atoms. The molecule has 0 amide bonds. The second kappa shape index (κ2) is 6.14. The van der Waals surface area contributed by atoms with E-state index in [9.17, 15) is 10.1 Å². The van der Waals surface area contributed by atoms with Crippen molar-refractivity contribution >= 4 is 22.7 Å². The molecule has 0 radical (unpaired) electrons. The first-order chi connectivity index (χ1) is 9.20. The highest BCUT2D eigenvalue weighted by molar-refractivity contribution is 5.79. The van der Waals surface area contributed by atoms with Crippen LogP contribution in [0, 0.1) is 10.1 Å². The van der Waals surface area contributed by atoms with Gasteiger partial charge in [0.05, 0.1) is 16.0 Å². The number of benzene rings is 1. The van der Waals surface area contributed by atoms with Crippen molar-refractivity contribution in [2.24, 2.45) is 0 Å². The highest BCUT2D eigenvalue weighted by Crippen LogP contribution is 2.20. The minimum absolute atomic E-state index is 0.0623. The van der Waals surface area contributed by atoms with Crippen molar-refractivity contribution in [3.8, 4) is 0 Å². The first-order valence-electron chi connectivity index (χ1n) is 6.29. The molecule has 0 aliphatic carbocycles. The summed E-state index contributed by atoms with van der Waals surface area (Å²) in [4.78, 5) is 17.6. The fourth-order valence-corrected chi connectivity index (χ4v) is 1.77. The number of nitrogens with zero attached hydrogens (tertiary/aromatic N) is 2. The van der Waals surface area contributed by atoms with Gasteiger partial charge in [0.1, 0.15) is 0 Å². The Balaban J connectivity index is 1.99. The number of nitro benzene ring substituents is 1. The molecule has 2 aromatic rings. The standard InChI is InChI=1S/C12H17N5O2/c1-2-5-13-6-7-14-12-15-10-4-3-9(17(18)19)8-11(10)16-12/h3-4,8,13H,2,5-7H2,1H3,(H2,14,15,16). The quantitative estimate of drug-likeness (QED) is 0.402. The van der Waals surface area contributed by atoms with Crippen LogP contribution in [0.2, 0.25) is 0 Å². The first-order valence-corrected chi connectivity index (χ1v) is 6.29. The van der Waals surface area contributed by atoms with Gasteiger partial charge < -0.3 is 15.6 Å². The normalized spacial score (nSPS) is 10.8. The predicted octanol–water partition coefficient (Wildman–Crippen LogP) is 1.88.